The first kappa shape index (κ1) is 15.4. The lowest BCUT2D eigenvalue weighted by Gasteiger charge is -2.23. The summed E-state index contributed by atoms with van der Waals surface area (Å²) in [5, 5.41) is 6.36. The zero-order valence-corrected chi connectivity index (χ0v) is 13.8. The fraction of sp³-hybridized carbons (Fsp3) is 0.562. The lowest BCUT2D eigenvalue weighted by atomic mass is 9.95. The summed E-state index contributed by atoms with van der Waals surface area (Å²) in [7, 11) is 0. The van der Waals surface area contributed by atoms with E-state index in [-0.39, 0.29) is 5.91 Å². The predicted molar refractivity (Wildman–Crippen MR) is 87.1 cm³/mol. The molecule has 1 aromatic rings. The second-order valence-corrected chi connectivity index (χ2v) is 6.55. The number of nitrogens with one attached hydrogen (secondary N) is 2. The Bertz CT molecular complexity index is 458. The highest BCUT2D eigenvalue weighted by molar-refractivity contribution is 9.10. The number of aryl methyl sites for hydroxylation is 2. The van der Waals surface area contributed by atoms with Crippen LogP contribution in [0.1, 0.15) is 43.2 Å². The quantitative estimate of drug-likeness (QED) is 0.873. The molecule has 0 aliphatic heterocycles. The summed E-state index contributed by atoms with van der Waals surface area (Å²) in [4.78, 5) is 12.0. The molecule has 110 valence electrons. The molecule has 0 bridgehead atoms. The maximum Gasteiger partial charge on any atom is 0.239 e. The van der Waals surface area contributed by atoms with Gasteiger partial charge in [-0.15, -0.1) is 0 Å². The Kier molecular flexibility index (Phi) is 5.46. The fourth-order valence-corrected chi connectivity index (χ4v) is 3.65. The van der Waals surface area contributed by atoms with E-state index in [4.69, 9.17) is 0 Å². The van der Waals surface area contributed by atoms with Gasteiger partial charge in [0.2, 0.25) is 5.91 Å². The van der Waals surface area contributed by atoms with Crippen LogP contribution in [0.4, 0.5) is 5.69 Å². The van der Waals surface area contributed by atoms with Crippen LogP contribution in [-0.4, -0.2) is 18.5 Å². The molecule has 2 rings (SSSR count). The summed E-state index contributed by atoms with van der Waals surface area (Å²) in [5.74, 6) is 0.0868. The van der Waals surface area contributed by atoms with Gasteiger partial charge in [0.15, 0.2) is 0 Å². The van der Waals surface area contributed by atoms with Crippen LogP contribution in [0.15, 0.2) is 16.6 Å². The number of rotatable bonds is 4. The van der Waals surface area contributed by atoms with Gasteiger partial charge in [0.1, 0.15) is 0 Å². The number of carbonyl (C=O) groups is 1. The fourth-order valence-electron chi connectivity index (χ4n) is 2.83. The van der Waals surface area contributed by atoms with Crippen molar-refractivity contribution in [3.8, 4) is 0 Å². The average Bonchev–Trinajstić information content (AvgIpc) is 2.38. The highest BCUT2D eigenvalue weighted by atomic mass is 79.9. The largest absolute Gasteiger partial charge is 0.375 e. The summed E-state index contributed by atoms with van der Waals surface area (Å²) in [6.07, 6.45) is 6.03. The number of anilines is 1. The van der Waals surface area contributed by atoms with E-state index < -0.39 is 0 Å². The average molecular weight is 339 g/mol. The molecule has 2 N–H and O–H groups in total. The highest BCUT2D eigenvalue weighted by Crippen LogP contribution is 2.27. The number of carbonyl (C=O) groups excluding carboxylic acids is 1. The Morgan fingerprint density at radius 3 is 2.60 bits per heavy atom. The summed E-state index contributed by atoms with van der Waals surface area (Å²) in [6.45, 7) is 4.45. The maximum atomic E-state index is 12.0. The summed E-state index contributed by atoms with van der Waals surface area (Å²) >= 11 is 3.55. The van der Waals surface area contributed by atoms with Gasteiger partial charge in [0.05, 0.1) is 12.2 Å². The van der Waals surface area contributed by atoms with Crippen LogP contribution in [0.2, 0.25) is 0 Å². The van der Waals surface area contributed by atoms with Crippen molar-refractivity contribution in [2.75, 3.05) is 11.9 Å². The standard InChI is InChI=1S/C16H23BrN2O/c1-11-8-12(2)16(14(17)9-11)18-10-15(20)19-13-6-4-3-5-7-13/h8-9,13,18H,3-7,10H2,1-2H3,(H,19,20). The normalized spacial score (nSPS) is 15.9. The summed E-state index contributed by atoms with van der Waals surface area (Å²) in [5.41, 5.74) is 3.38. The van der Waals surface area contributed by atoms with E-state index >= 15 is 0 Å². The molecule has 1 aromatic carbocycles. The second-order valence-electron chi connectivity index (χ2n) is 5.69. The monoisotopic (exact) mass is 338 g/mol. The van der Waals surface area contributed by atoms with Gasteiger partial charge in [0, 0.05) is 10.5 Å². The first-order valence-corrected chi connectivity index (χ1v) is 8.15. The molecule has 1 aliphatic carbocycles. The number of hydrogen-bond acceptors (Lipinski definition) is 2. The Morgan fingerprint density at radius 2 is 1.95 bits per heavy atom. The summed E-state index contributed by atoms with van der Waals surface area (Å²) < 4.78 is 1.01. The lowest BCUT2D eigenvalue weighted by molar-refractivity contribution is -0.120. The molecule has 0 atom stereocenters. The first-order valence-electron chi connectivity index (χ1n) is 7.36. The first-order chi connectivity index (χ1) is 9.56. The van der Waals surface area contributed by atoms with Gasteiger partial charge in [-0.2, -0.15) is 0 Å². The van der Waals surface area contributed by atoms with E-state index in [0.29, 0.717) is 12.6 Å². The highest BCUT2D eigenvalue weighted by Gasteiger charge is 2.15. The van der Waals surface area contributed by atoms with Crippen molar-refractivity contribution in [3.63, 3.8) is 0 Å². The Balaban J connectivity index is 1.87. The molecule has 0 aromatic heterocycles. The van der Waals surface area contributed by atoms with E-state index in [1.54, 1.807) is 0 Å². The van der Waals surface area contributed by atoms with Crippen LogP contribution in [0.5, 0.6) is 0 Å². The number of benzene rings is 1. The molecule has 20 heavy (non-hydrogen) atoms. The van der Waals surface area contributed by atoms with Gasteiger partial charge in [-0.3, -0.25) is 4.79 Å². The minimum atomic E-state index is 0.0868. The second kappa shape index (κ2) is 7.11. The Hall–Kier alpha value is -1.03. The third kappa shape index (κ3) is 4.23. The van der Waals surface area contributed by atoms with Crippen molar-refractivity contribution >= 4 is 27.5 Å². The lowest BCUT2D eigenvalue weighted by Crippen LogP contribution is -2.39. The van der Waals surface area contributed by atoms with Gasteiger partial charge in [-0.25, -0.2) is 0 Å². The van der Waals surface area contributed by atoms with Crippen LogP contribution in [0.3, 0.4) is 0 Å². The smallest absolute Gasteiger partial charge is 0.239 e. The molecular weight excluding hydrogens is 316 g/mol. The molecule has 4 heteroatoms. The van der Waals surface area contributed by atoms with Gasteiger partial charge in [-0.1, -0.05) is 25.3 Å². The van der Waals surface area contributed by atoms with Crippen LogP contribution in [0.25, 0.3) is 0 Å². The Labute approximate surface area is 129 Å². The summed E-state index contributed by atoms with van der Waals surface area (Å²) in [6, 6.07) is 4.56. The molecule has 0 saturated heterocycles. The van der Waals surface area contributed by atoms with Gasteiger partial charge >= 0.3 is 0 Å². The molecule has 3 nitrogen and oxygen atoms in total. The van der Waals surface area contributed by atoms with E-state index in [9.17, 15) is 4.79 Å². The van der Waals surface area contributed by atoms with Crippen LogP contribution in [0, 0.1) is 13.8 Å². The SMILES string of the molecule is Cc1cc(C)c(NCC(=O)NC2CCCCC2)c(Br)c1. The van der Waals surface area contributed by atoms with Gasteiger partial charge in [0.25, 0.3) is 0 Å². The molecule has 1 amide bonds. The minimum Gasteiger partial charge on any atom is -0.375 e. The third-order valence-electron chi connectivity index (χ3n) is 3.83. The number of amides is 1. The molecule has 0 unspecified atom stereocenters. The molecular formula is C16H23BrN2O. The number of hydrogen-bond donors (Lipinski definition) is 2. The Morgan fingerprint density at radius 1 is 1.25 bits per heavy atom. The van der Waals surface area contributed by atoms with Crippen LogP contribution >= 0.6 is 15.9 Å². The molecule has 0 heterocycles. The van der Waals surface area contributed by atoms with Crippen LogP contribution < -0.4 is 10.6 Å². The molecule has 1 aliphatic rings. The van der Waals surface area contributed by atoms with Crippen molar-refractivity contribution in [2.24, 2.45) is 0 Å². The van der Waals surface area contributed by atoms with E-state index in [0.717, 1.165) is 28.6 Å². The maximum absolute atomic E-state index is 12.0. The van der Waals surface area contributed by atoms with E-state index in [1.807, 2.05) is 0 Å². The van der Waals surface area contributed by atoms with Crippen molar-refractivity contribution in [1.82, 2.24) is 5.32 Å². The topological polar surface area (TPSA) is 41.1 Å². The third-order valence-corrected chi connectivity index (χ3v) is 4.45. The van der Waals surface area contributed by atoms with Gasteiger partial charge in [-0.05, 0) is 59.8 Å². The minimum absolute atomic E-state index is 0.0868. The van der Waals surface area contributed by atoms with Crippen molar-refractivity contribution < 1.29 is 4.79 Å². The van der Waals surface area contributed by atoms with Crippen molar-refractivity contribution in [3.05, 3.63) is 27.7 Å². The molecule has 1 fully saturated rings. The van der Waals surface area contributed by atoms with Crippen molar-refractivity contribution in [1.29, 1.82) is 0 Å². The zero-order valence-electron chi connectivity index (χ0n) is 12.3. The number of halogens is 1. The molecule has 0 spiro atoms. The predicted octanol–water partition coefficient (Wildman–Crippen LogP) is 3.93. The van der Waals surface area contributed by atoms with E-state index in [2.05, 4.69) is 52.5 Å². The van der Waals surface area contributed by atoms with Gasteiger partial charge < -0.3 is 10.6 Å². The molecule has 0 radical (unpaired) electrons. The van der Waals surface area contributed by atoms with Crippen molar-refractivity contribution in [2.45, 2.75) is 52.0 Å². The van der Waals surface area contributed by atoms with E-state index in [1.165, 1.54) is 24.8 Å². The molecule has 1 saturated carbocycles. The van der Waals surface area contributed by atoms with Crippen LogP contribution in [-0.2, 0) is 4.79 Å². The zero-order chi connectivity index (χ0) is 14.5.